The number of benzene rings is 2. The minimum Gasteiger partial charge on any atom is -0.481 e. The number of nitrogen functional groups attached to an aromatic ring is 2. The fraction of sp³-hybridized carbons (Fsp3) is 0.267. The molecule has 6 N–H and O–H groups in total. The van der Waals surface area contributed by atoms with Crippen LogP contribution in [0.15, 0.2) is 65.4 Å². The van der Waals surface area contributed by atoms with Crippen molar-refractivity contribution in [2.45, 2.75) is 39.5 Å². The number of hydrogen-bond acceptors (Lipinski definition) is 8. The second-order valence-corrected chi connectivity index (χ2v) is 10.6. The van der Waals surface area contributed by atoms with Gasteiger partial charge in [-0.15, -0.1) is 0 Å². The van der Waals surface area contributed by atoms with Crippen molar-refractivity contribution in [2.75, 3.05) is 25.7 Å². The second kappa shape index (κ2) is 16.0. The number of nitrogens with two attached hydrogens (primary N) is 2. The lowest BCUT2D eigenvalue weighted by atomic mass is 9.81. The average molecular weight is 645 g/mol. The van der Waals surface area contributed by atoms with E-state index in [1.807, 2.05) is 27.7 Å². The summed E-state index contributed by atoms with van der Waals surface area (Å²) in [5.74, 6) is 0.724. The summed E-state index contributed by atoms with van der Waals surface area (Å²) in [5, 5.41) is 17.4. The monoisotopic (exact) mass is 644 g/mol. The molecule has 0 fully saturated rings. The second-order valence-electron chi connectivity index (χ2n) is 9.75. The van der Waals surface area contributed by atoms with Crippen molar-refractivity contribution >= 4 is 39.9 Å². The lowest BCUT2D eigenvalue weighted by molar-refractivity contribution is 0.396. The van der Waals surface area contributed by atoms with Crippen LogP contribution in [0.1, 0.15) is 50.7 Å². The lowest BCUT2D eigenvalue weighted by Gasteiger charge is -2.14. The third-order valence-corrected chi connectivity index (χ3v) is 6.72. The molecule has 2 heterocycles. The van der Waals surface area contributed by atoms with Gasteiger partial charge in [0.1, 0.15) is 11.6 Å². The Balaban J connectivity index is 0.000000233. The standard InChI is InChI=1S/C15H17FN2O.C9H11BrFN.C6H8BNO3/c1-9(2)12-7-11(16)8-13(15(12)17)10-4-5-18-14(6-10)19-3;1-5(2)7-3-6(11)4-8(10)9(7)12;1-11-6-4-5(7(9)10)2-3-8-6/h4-9H,17H2,1-3H3;3-5H,12H2,1-2H3;2-4,9-10H,1H3. The van der Waals surface area contributed by atoms with Crippen LogP contribution in [0.3, 0.4) is 0 Å². The summed E-state index contributed by atoms with van der Waals surface area (Å²) in [4.78, 5) is 7.83. The summed E-state index contributed by atoms with van der Waals surface area (Å²) >= 11 is 3.20. The zero-order valence-corrected chi connectivity index (χ0v) is 26.0. The molecule has 4 aromatic rings. The van der Waals surface area contributed by atoms with Gasteiger partial charge >= 0.3 is 7.12 Å². The molecule has 4 rings (SSSR count). The molecule has 224 valence electrons. The number of pyridine rings is 2. The first kappa shape index (κ1) is 34.5. The third kappa shape index (κ3) is 9.68. The molecular weight excluding hydrogens is 609 g/mol. The maximum Gasteiger partial charge on any atom is 0.488 e. The van der Waals surface area contributed by atoms with Crippen molar-refractivity contribution in [3.8, 4) is 22.9 Å². The molecular formula is C30H36BBrF2N4O4. The van der Waals surface area contributed by atoms with Crippen LogP contribution in [0.4, 0.5) is 20.2 Å². The maximum absolute atomic E-state index is 13.7. The highest BCUT2D eigenvalue weighted by Gasteiger charge is 2.14. The number of halogens is 3. The number of rotatable bonds is 6. The van der Waals surface area contributed by atoms with Gasteiger partial charge in [0.05, 0.1) is 14.2 Å². The third-order valence-electron chi connectivity index (χ3n) is 6.07. The highest BCUT2D eigenvalue weighted by Crippen LogP contribution is 2.34. The van der Waals surface area contributed by atoms with E-state index in [9.17, 15) is 8.78 Å². The lowest BCUT2D eigenvalue weighted by Crippen LogP contribution is -2.29. The zero-order valence-electron chi connectivity index (χ0n) is 24.4. The van der Waals surface area contributed by atoms with Gasteiger partial charge in [-0.2, -0.15) is 0 Å². The van der Waals surface area contributed by atoms with Crippen LogP contribution in [0.25, 0.3) is 11.1 Å². The predicted octanol–water partition coefficient (Wildman–Crippen LogP) is 5.67. The van der Waals surface area contributed by atoms with Crippen LogP contribution >= 0.6 is 15.9 Å². The number of aromatic nitrogens is 2. The Morgan fingerprint density at radius 1 is 0.762 bits per heavy atom. The summed E-state index contributed by atoms with van der Waals surface area (Å²) in [7, 11) is 1.54. The van der Waals surface area contributed by atoms with E-state index in [0.717, 1.165) is 16.7 Å². The molecule has 8 nitrogen and oxygen atoms in total. The van der Waals surface area contributed by atoms with Crippen LogP contribution in [0.5, 0.6) is 11.8 Å². The molecule has 0 amide bonds. The van der Waals surface area contributed by atoms with Crippen LogP contribution in [-0.2, 0) is 0 Å². The Bertz CT molecular complexity index is 1480. The Morgan fingerprint density at radius 2 is 1.26 bits per heavy atom. The van der Waals surface area contributed by atoms with E-state index >= 15 is 0 Å². The van der Waals surface area contributed by atoms with Crippen molar-refractivity contribution < 1.29 is 28.3 Å². The molecule has 0 bridgehead atoms. The van der Waals surface area contributed by atoms with E-state index in [1.54, 1.807) is 25.4 Å². The minimum atomic E-state index is -1.47. The molecule has 0 aliphatic heterocycles. The molecule has 0 spiro atoms. The smallest absolute Gasteiger partial charge is 0.481 e. The molecule has 12 heteroatoms. The predicted molar refractivity (Wildman–Crippen MR) is 168 cm³/mol. The number of nitrogens with zero attached hydrogens (tertiary/aromatic N) is 2. The highest BCUT2D eigenvalue weighted by molar-refractivity contribution is 9.10. The van der Waals surface area contributed by atoms with Gasteiger partial charge in [0.15, 0.2) is 0 Å². The van der Waals surface area contributed by atoms with Crippen molar-refractivity contribution in [3.05, 3.63) is 88.2 Å². The SMILES string of the molecule is CC(C)c1cc(F)cc(Br)c1N.COc1cc(-c2cc(F)cc(C(C)C)c2N)ccn1.COc1cc(B(O)O)ccn1. The first-order chi connectivity index (χ1) is 19.8. The first-order valence-electron chi connectivity index (χ1n) is 13.0. The average Bonchev–Trinajstić information content (AvgIpc) is 2.96. The van der Waals surface area contributed by atoms with E-state index < -0.39 is 7.12 Å². The zero-order chi connectivity index (χ0) is 31.6. The fourth-order valence-electron chi connectivity index (χ4n) is 3.82. The van der Waals surface area contributed by atoms with Gasteiger partial charge in [-0.1, -0.05) is 27.7 Å². The van der Waals surface area contributed by atoms with E-state index in [4.69, 9.17) is 31.0 Å². The molecule has 2 aromatic heterocycles. The maximum atomic E-state index is 13.7. The van der Waals surface area contributed by atoms with E-state index in [0.29, 0.717) is 38.6 Å². The van der Waals surface area contributed by atoms with Crippen LogP contribution in [0.2, 0.25) is 0 Å². The summed E-state index contributed by atoms with van der Waals surface area (Å²) in [6.45, 7) is 7.94. The number of anilines is 2. The molecule has 0 atom stereocenters. The fourth-order valence-corrected chi connectivity index (χ4v) is 4.27. The van der Waals surface area contributed by atoms with Crippen LogP contribution in [-0.4, -0.2) is 41.4 Å². The van der Waals surface area contributed by atoms with Gasteiger partial charge in [-0.05, 0) is 86.3 Å². The Hall–Kier alpha value is -3.74. The molecule has 2 aromatic carbocycles. The Kier molecular flexibility index (Phi) is 13.2. The van der Waals surface area contributed by atoms with Crippen molar-refractivity contribution in [3.63, 3.8) is 0 Å². The Labute approximate surface area is 254 Å². The molecule has 0 aliphatic rings. The summed E-state index contributed by atoms with van der Waals surface area (Å²) in [6.07, 6.45) is 3.07. The van der Waals surface area contributed by atoms with E-state index in [2.05, 4.69) is 25.9 Å². The van der Waals surface area contributed by atoms with E-state index in [1.165, 1.54) is 49.7 Å². The number of methoxy groups -OCH3 is 2. The normalized spacial score (nSPS) is 10.4. The molecule has 0 saturated carbocycles. The van der Waals surface area contributed by atoms with Crippen molar-refractivity contribution in [2.24, 2.45) is 0 Å². The van der Waals surface area contributed by atoms with Gasteiger partial charge in [0.2, 0.25) is 11.8 Å². The molecule has 0 saturated heterocycles. The summed E-state index contributed by atoms with van der Waals surface area (Å²) in [6, 6.07) is 12.3. The largest absolute Gasteiger partial charge is 0.488 e. The van der Waals surface area contributed by atoms with Crippen molar-refractivity contribution in [1.29, 1.82) is 0 Å². The topological polar surface area (TPSA) is 137 Å². The van der Waals surface area contributed by atoms with Crippen LogP contribution in [0, 0.1) is 11.6 Å². The van der Waals surface area contributed by atoms with Crippen LogP contribution < -0.4 is 26.4 Å². The molecule has 0 aliphatic carbocycles. The Morgan fingerprint density at radius 3 is 1.79 bits per heavy atom. The quantitative estimate of drug-likeness (QED) is 0.156. The highest BCUT2D eigenvalue weighted by atomic mass is 79.9. The van der Waals surface area contributed by atoms with Gasteiger partial charge in [0, 0.05) is 45.9 Å². The van der Waals surface area contributed by atoms with E-state index in [-0.39, 0.29) is 23.5 Å². The molecule has 42 heavy (non-hydrogen) atoms. The minimum absolute atomic E-state index is 0.165. The van der Waals surface area contributed by atoms with Gasteiger partial charge in [-0.25, -0.2) is 18.7 Å². The van der Waals surface area contributed by atoms with Gasteiger partial charge < -0.3 is 31.0 Å². The summed E-state index contributed by atoms with van der Waals surface area (Å²) in [5.41, 5.74) is 16.6. The summed E-state index contributed by atoms with van der Waals surface area (Å²) < 4.78 is 37.1. The van der Waals surface area contributed by atoms with Gasteiger partial charge in [0.25, 0.3) is 0 Å². The van der Waals surface area contributed by atoms with Gasteiger partial charge in [-0.3, -0.25) is 0 Å². The van der Waals surface area contributed by atoms with Crippen molar-refractivity contribution in [1.82, 2.24) is 9.97 Å². The number of ether oxygens (including phenoxy) is 2. The molecule has 0 unspecified atom stereocenters. The first-order valence-corrected chi connectivity index (χ1v) is 13.8. The number of hydrogen-bond donors (Lipinski definition) is 4. The molecule has 0 radical (unpaired) electrons.